The van der Waals surface area contributed by atoms with E-state index in [1.54, 1.807) is 0 Å². The summed E-state index contributed by atoms with van der Waals surface area (Å²) in [5.41, 5.74) is -0.865. The standard InChI is InChI=1S/C7H9NO/c1-2-6-5-7(9)3-4-8-6/h3-5H,2H2,1H3,(H,8,9)/i1D3,2D2,3D,4D,5D. The lowest BCUT2D eigenvalue weighted by atomic mass is 10.3. The zero-order valence-electron chi connectivity index (χ0n) is 12.4. The summed E-state index contributed by atoms with van der Waals surface area (Å²) in [6.07, 6.45) is -3.74. The monoisotopic (exact) mass is 131 g/mol. The van der Waals surface area contributed by atoms with Crippen LogP contribution >= 0.6 is 0 Å². The second-order valence-electron chi connectivity index (χ2n) is 1.30. The van der Waals surface area contributed by atoms with Crippen LogP contribution < -0.4 is 0 Å². The van der Waals surface area contributed by atoms with Gasteiger partial charge in [0, 0.05) is 24.8 Å². The molecule has 9 heavy (non-hydrogen) atoms. The maximum absolute atomic E-state index is 9.31. The van der Waals surface area contributed by atoms with Gasteiger partial charge in [0.05, 0.1) is 4.11 Å². The summed E-state index contributed by atoms with van der Waals surface area (Å²) in [5.74, 6) is -0.951. The highest BCUT2D eigenvalue weighted by Crippen LogP contribution is 2.07. The van der Waals surface area contributed by atoms with E-state index in [1.807, 2.05) is 0 Å². The summed E-state index contributed by atoms with van der Waals surface area (Å²) in [7, 11) is 0. The minimum Gasteiger partial charge on any atom is -0.508 e. The van der Waals surface area contributed by atoms with Crippen molar-refractivity contribution in [3.05, 3.63) is 24.0 Å². The van der Waals surface area contributed by atoms with Gasteiger partial charge in [-0.05, 0) is 12.4 Å². The van der Waals surface area contributed by atoms with E-state index in [1.165, 1.54) is 0 Å². The third kappa shape index (κ3) is 1.42. The molecule has 0 atom stereocenters. The van der Waals surface area contributed by atoms with Gasteiger partial charge in [-0.1, -0.05) is 6.85 Å². The van der Waals surface area contributed by atoms with E-state index < -0.39 is 42.9 Å². The fourth-order valence-corrected chi connectivity index (χ4v) is 0.367. The first-order valence-electron chi connectivity index (χ1n) is 6.17. The van der Waals surface area contributed by atoms with Gasteiger partial charge < -0.3 is 5.11 Å². The molecular weight excluding hydrogens is 114 g/mol. The number of hydrogen-bond acceptors (Lipinski definition) is 2. The Morgan fingerprint density at radius 1 is 2.11 bits per heavy atom. The number of aromatic hydroxyl groups is 1. The van der Waals surface area contributed by atoms with E-state index in [0.717, 1.165) is 0 Å². The first-order chi connectivity index (χ1) is 7.50. The van der Waals surface area contributed by atoms with E-state index in [0.29, 0.717) is 0 Å². The summed E-state index contributed by atoms with van der Waals surface area (Å²) in [6.45, 7) is -3.09. The van der Waals surface area contributed by atoms with Gasteiger partial charge in [-0.2, -0.15) is 0 Å². The van der Waals surface area contributed by atoms with Crippen molar-refractivity contribution in [1.29, 1.82) is 0 Å². The van der Waals surface area contributed by atoms with Crippen LogP contribution in [0.2, 0.25) is 0 Å². The second-order valence-corrected chi connectivity index (χ2v) is 1.30. The summed E-state index contributed by atoms with van der Waals surface area (Å²) in [6, 6.07) is -1.62. The Kier molecular flexibility index (Phi) is 0.417. The molecule has 1 rings (SSSR count). The van der Waals surface area contributed by atoms with Gasteiger partial charge in [0.15, 0.2) is 0 Å². The molecule has 1 aromatic heterocycles. The van der Waals surface area contributed by atoms with Crippen LogP contribution in [0.3, 0.4) is 0 Å². The van der Waals surface area contributed by atoms with E-state index >= 15 is 0 Å². The molecule has 0 amide bonds. The average Bonchev–Trinajstić information content (AvgIpc) is 2.18. The Hall–Kier alpha value is -1.05. The molecule has 2 nitrogen and oxygen atoms in total. The van der Waals surface area contributed by atoms with Gasteiger partial charge in [-0.25, -0.2) is 0 Å². The Bertz CT molecular complexity index is 454. The summed E-state index contributed by atoms with van der Waals surface area (Å²) >= 11 is 0. The maximum Gasteiger partial charge on any atom is 0.118 e. The Balaban J connectivity index is 3.54. The largest absolute Gasteiger partial charge is 0.508 e. The molecule has 1 heterocycles. The first-order valence-corrected chi connectivity index (χ1v) is 2.17. The van der Waals surface area contributed by atoms with Gasteiger partial charge >= 0.3 is 0 Å². The molecule has 0 radical (unpaired) electrons. The molecule has 1 N–H and O–H groups in total. The van der Waals surface area contributed by atoms with Crippen molar-refractivity contribution in [1.82, 2.24) is 4.98 Å². The average molecular weight is 131 g/mol. The first kappa shape index (κ1) is 1.51. The zero-order chi connectivity index (χ0) is 13.6. The van der Waals surface area contributed by atoms with Crippen molar-refractivity contribution >= 4 is 0 Å². The number of hydrogen-bond donors (Lipinski definition) is 1. The molecule has 0 aliphatic rings. The van der Waals surface area contributed by atoms with Gasteiger partial charge in [-0.3, -0.25) is 4.98 Å². The molecule has 0 aromatic carbocycles. The predicted molar refractivity (Wildman–Crippen MR) is 35.3 cm³/mol. The van der Waals surface area contributed by atoms with Crippen LogP contribution in [0, 0.1) is 0 Å². The Labute approximate surface area is 65.4 Å². The third-order valence-corrected chi connectivity index (χ3v) is 0.697. The molecule has 2 heteroatoms. The number of aromatic nitrogens is 1. The molecule has 48 valence electrons. The van der Waals surface area contributed by atoms with Gasteiger partial charge in [0.2, 0.25) is 0 Å². The molecule has 0 spiro atoms. The molecular formula is C7H9NO. The molecule has 1 aromatic rings. The SMILES string of the molecule is [2H]c1nc(C([2H])([2H])C([2H])([2H])[2H])c([2H])c(O)c1[2H]. The zero-order valence-corrected chi connectivity index (χ0v) is 4.39. The Morgan fingerprint density at radius 2 is 3.00 bits per heavy atom. The highest BCUT2D eigenvalue weighted by Gasteiger charge is 1.89. The molecule has 0 aliphatic heterocycles. The van der Waals surface area contributed by atoms with Crippen LogP contribution in [0.15, 0.2) is 18.3 Å². The predicted octanol–water partition coefficient (Wildman–Crippen LogP) is 1.35. The van der Waals surface area contributed by atoms with E-state index in [-0.39, 0.29) is 0 Å². The maximum atomic E-state index is 9.31. The normalized spacial score (nSPS) is 25.3. The number of pyridine rings is 1. The third-order valence-electron chi connectivity index (χ3n) is 0.697. The molecule has 0 saturated carbocycles. The van der Waals surface area contributed by atoms with Crippen LogP contribution in [-0.2, 0) is 6.37 Å². The van der Waals surface area contributed by atoms with Crippen LogP contribution in [0.25, 0.3) is 0 Å². The second kappa shape index (κ2) is 2.49. The van der Waals surface area contributed by atoms with Gasteiger partial charge in [0.1, 0.15) is 5.75 Å². The van der Waals surface area contributed by atoms with Gasteiger partial charge in [-0.15, -0.1) is 0 Å². The fourth-order valence-electron chi connectivity index (χ4n) is 0.367. The van der Waals surface area contributed by atoms with Crippen molar-refractivity contribution in [3.63, 3.8) is 0 Å². The number of rotatable bonds is 1. The lowest BCUT2D eigenvalue weighted by Crippen LogP contribution is -1.82. The quantitative estimate of drug-likeness (QED) is 0.624. The van der Waals surface area contributed by atoms with Crippen LogP contribution in [0.1, 0.15) is 23.5 Å². The van der Waals surface area contributed by atoms with Crippen molar-refractivity contribution in [2.45, 2.75) is 13.2 Å². The summed E-state index contributed by atoms with van der Waals surface area (Å²) in [4.78, 5) is 3.27. The summed E-state index contributed by atoms with van der Waals surface area (Å²) in [5, 5.41) is 9.31. The van der Waals surface area contributed by atoms with Crippen LogP contribution in [0.5, 0.6) is 5.75 Å². The number of aryl methyl sites for hydroxylation is 1. The van der Waals surface area contributed by atoms with Crippen LogP contribution in [-0.4, -0.2) is 10.1 Å². The minimum atomic E-state index is -3.09. The summed E-state index contributed by atoms with van der Waals surface area (Å²) < 4.78 is 57.5. The molecule has 0 fully saturated rings. The van der Waals surface area contributed by atoms with Crippen molar-refractivity contribution in [2.24, 2.45) is 0 Å². The molecule has 0 bridgehead atoms. The Morgan fingerprint density at radius 3 is 3.78 bits per heavy atom. The van der Waals surface area contributed by atoms with Crippen molar-refractivity contribution in [2.75, 3.05) is 0 Å². The highest BCUT2D eigenvalue weighted by molar-refractivity contribution is 5.20. The van der Waals surface area contributed by atoms with E-state index in [2.05, 4.69) is 4.98 Å². The molecule has 0 aliphatic carbocycles. The topological polar surface area (TPSA) is 33.1 Å². The highest BCUT2D eigenvalue weighted by atomic mass is 16.3. The minimum absolute atomic E-state index is 0.736. The molecule has 0 saturated heterocycles. The smallest absolute Gasteiger partial charge is 0.118 e. The van der Waals surface area contributed by atoms with Gasteiger partial charge in [0.25, 0.3) is 0 Å². The molecule has 0 unspecified atom stereocenters. The van der Waals surface area contributed by atoms with Crippen molar-refractivity contribution in [3.8, 4) is 5.75 Å². The van der Waals surface area contributed by atoms with Crippen molar-refractivity contribution < 1.29 is 16.1 Å². The van der Waals surface area contributed by atoms with E-state index in [4.69, 9.17) is 11.0 Å². The van der Waals surface area contributed by atoms with E-state index in [9.17, 15) is 5.11 Å². The lowest BCUT2D eigenvalue weighted by molar-refractivity contribution is 0.473. The van der Waals surface area contributed by atoms with Crippen LogP contribution in [0.4, 0.5) is 0 Å². The fraction of sp³-hybridized carbons (Fsp3) is 0.286. The number of nitrogens with zero attached hydrogens (tertiary/aromatic N) is 1. The lowest BCUT2D eigenvalue weighted by Gasteiger charge is -1.93.